The number of aromatic nitrogens is 6. The molecule has 1 aromatic carbocycles. The molecule has 2 aliphatic rings. The molecule has 1 aliphatic carbocycles. The molecule has 0 spiro atoms. The van der Waals surface area contributed by atoms with Crippen LogP contribution < -0.4 is 5.32 Å². The van der Waals surface area contributed by atoms with Crippen LogP contribution in [0.4, 0.5) is 10.1 Å². The van der Waals surface area contributed by atoms with Crippen molar-refractivity contribution in [2.75, 3.05) is 25.0 Å². The van der Waals surface area contributed by atoms with Gasteiger partial charge in [0.25, 0.3) is 0 Å². The largest absolute Gasteiger partial charge is 0.358 e. The maximum absolute atomic E-state index is 14.9. The van der Waals surface area contributed by atoms with Gasteiger partial charge in [-0.15, -0.1) is 0 Å². The highest BCUT2D eigenvalue weighted by atomic mass is 19.1. The van der Waals surface area contributed by atoms with Gasteiger partial charge < -0.3 is 15.2 Å². The molecule has 0 radical (unpaired) electrons. The van der Waals surface area contributed by atoms with Gasteiger partial charge in [0, 0.05) is 45.5 Å². The van der Waals surface area contributed by atoms with Crippen molar-refractivity contribution in [2.45, 2.75) is 51.4 Å². The Balaban J connectivity index is 1.08. The lowest BCUT2D eigenvalue weighted by Gasteiger charge is -2.15. The highest BCUT2D eigenvalue weighted by Crippen LogP contribution is 2.35. The van der Waals surface area contributed by atoms with Crippen LogP contribution in [0.1, 0.15) is 50.5 Å². The standard InChI is InChI=1S/C38H39FN8/c1-24(26-8-2-3-9-26)43-30-18-28(21-40-22-30)34-19-32-36(23-42-34)45-46-38(32)35-20-31-33(44-35)10-11-41-37(31)27-15-25(16-29(39)17-27)7-6-14-47-12-4-5-13-47/h10-11,15-23,26,43-44H,1-9,12-14H2,(H,45,46). The zero-order chi connectivity index (χ0) is 31.7. The van der Waals surface area contributed by atoms with Crippen LogP contribution in [0.25, 0.3) is 55.7 Å². The van der Waals surface area contributed by atoms with E-state index in [2.05, 4.69) is 55.2 Å². The summed E-state index contributed by atoms with van der Waals surface area (Å²) < 4.78 is 14.9. The van der Waals surface area contributed by atoms with Gasteiger partial charge in [-0.3, -0.25) is 20.1 Å². The summed E-state index contributed by atoms with van der Waals surface area (Å²) in [7, 11) is 0. The number of hydrogen-bond donors (Lipinski definition) is 3. The van der Waals surface area contributed by atoms with Crippen molar-refractivity contribution < 1.29 is 4.39 Å². The molecule has 1 saturated carbocycles. The van der Waals surface area contributed by atoms with Crippen LogP contribution in [-0.2, 0) is 6.42 Å². The topological polar surface area (TPSA) is 98.4 Å². The summed E-state index contributed by atoms with van der Waals surface area (Å²) in [4.78, 5) is 20.0. The first kappa shape index (κ1) is 29.5. The fraction of sp³-hybridized carbons (Fsp3) is 0.316. The van der Waals surface area contributed by atoms with Gasteiger partial charge in [-0.05, 0) is 112 Å². The first-order valence-electron chi connectivity index (χ1n) is 16.8. The highest BCUT2D eigenvalue weighted by Gasteiger charge is 2.19. The number of fused-ring (bicyclic) bond motifs is 2. The number of benzene rings is 1. The van der Waals surface area contributed by atoms with Crippen molar-refractivity contribution in [2.24, 2.45) is 5.92 Å². The van der Waals surface area contributed by atoms with E-state index in [9.17, 15) is 4.39 Å². The molecule has 1 saturated heterocycles. The Hall–Kier alpha value is -4.89. The summed E-state index contributed by atoms with van der Waals surface area (Å²) in [6, 6.07) is 13.5. The summed E-state index contributed by atoms with van der Waals surface area (Å²) in [6.45, 7) is 7.71. The van der Waals surface area contributed by atoms with Gasteiger partial charge in [0.05, 0.1) is 40.7 Å². The van der Waals surface area contributed by atoms with Crippen LogP contribution in [0.15, 0.2) is 79.5 Å². The lowest BCUT2D eigenvalue weighted by atomic mass is 10.0. The normalized spacial score (nSPS) is 15.7. The maximum atomic E-state index is 14.9. The van der Waals surface area contributed by atoms with E-state index in [0.717, 1.165) is 92.0 Å². The third kappa shape index (κ3) is 6.15. The monoisotopic (exact) mass is 626 g/mol. The van der Waals surface area contributed by atoms with Crippen LogP contribution in [0.3, 0.4) is 0 Å². The Kier molecular flexibility index (Phi) is 7.99. The van der Waals surface area contributed by atoms with Crippen LogP contribution >= 0.6 is 0 Å². The molecule has 3 N–H and O–H groups in total. The third-order valence-corrected chi connectivity index (χ3v) is 9.81. The molecule has 8 nitrogen and oxygen atoms in total. The van der Waals surface area contributed by atoms with Crippen LogP contribution in [-0.4, -0.2) is 54.7 Å². The molecule has 0 amide bonds. The van der Waals surface area contributed by atoms with E-state index >= 15 is 0 Å². The van der Waals surface area contributed by atoms with E-state index in [1.165, 1.54) is 51.6 Å². The lowest BCUT2D eigenvalue weighted by Crippen LogP contribution is -2.20. The second-order valence-corrected chi connectivity index (χ2v) is 13.1. The molecule has 0 atom stereocenters. The average Bonchev–Trinajstić information content (AvgIpc) is 3.91. The molecule has 0 unspecified atom stereocenters. The molecule has 238 valence electrons. The molecule has 2 fully saturated rings. The van der Waals surface area contributed by atoms with Gasteiger partial charge in [-0.2, -0.15) is 5.10 Å². The number of likely N-dealkylation sites (tertiary alicyclic amines) is 1. The van der Waals surface area contributed by atoms with E-state index < -0.39 is 0 Å². The molecule has 5 aromatic heterocycles. The molecule has 6 aromatic rings. The summed E-state index contributed by atoms with van der Waals surface area (Å²) in [5, 5.41) is 13.2. The van der Waals surface area contributed by atoms with E-state index in [4.69, 9.17) is 9.97 Å². The molecule has 47 heavy (non-hydrogen) atoms. The number of anilines is 1. The molecule has 1 aliphatic heterocycles. The number of allylic oxidation sites excluding steroid dienone is 1. The van der Waals surface area contributed by atoms with Gasteiger partial charge >= 0.3 is 0 Å². The Morgan fingerprint density at radius 2 is 1.74 bits per heavy atom. The Morgan fingerprint density at radius 3 is 2.62 bits per heavy atom. The number of nitrogens with one attached hydrogen (secondary N) is 3. The number of aromatic amines is 2. The molecule has 9 heteroatoms. The first-order valence-corrected chi connectivity index (χ1v) is 16.8. The van der Waals surface area contributed by atoms with Crippen molar-refractivity contribution in [3.05, 3.63) is 90.9 Å². The average molecular weight is 627 g/mol. The number of H-pyrrole nitrogens is 2. The minimum absolute atomic E-state index is 0.233. The number of pyridine rings is 3. The number of aryl methyl sites for hydroxylation is 1. The summed E-state index contributed by atoms with van der Waals surface area (Å²) in [6.07, 6.45) is 16.6. The van der Waals surface area contributed by atoms with Crippen LogP contribution in [0, 0.1) is 11.7 Å². The second kappa shape index (κ2) is 12.7. The van der Waals surface area contributed by atoms with Crippen LogP contribution in [0.2, 0.25) is 0 Å². The fourth-order valence-electron chi connectivity index (χ4n) is 7.35. The van der Waals surface area contributed by atoms with Gasteiger partial charge in [0.15, 0.2) is 0 Å². The van der Waals surface area contributed by atoms with Gasteiger partial charge in [0.1, 0.15) is 11.5 Å². The quantitative estimate of drug-likeness (QED) is 0.141. The van der Waals surface area contributed by atoms with Gasteiger partial charge in [-0.1, -0.05) is 19.4 Å². The van der Waals surface area contributed by atoms with Crippen molar-refractivity contribution in [3.63, 3.8) is 0 Å². The highest BCUT2D eigenvalue weighted by molar-refractivity contribution is 6.00. The summed E-state index contributed by atoms with van der Waals surface area (Å²) in [5.41, 5.74) is 9.61. The Bertz CT molecular complexity index is 2070. The molecule has 0 bridgehead atoms. The molecule has 6 heterocycles. The predicted octanol–water partition coefficient (Wildman–Crippen LogP) is 8.51. The Labute approximate surface area is 273 Å². The minimum atomic E-state index is -0.233. The molecular formula is C38H39FN8. The van der Waals surface area contributed by atoms with E-state index in [0.29, 0.717) is 5.92 Å². The molecule has 8 rings (SSSR count). The lowest BCUT2D eigenvalue weighted by molar-refractivity contribution is 0.334. The SMILES string of the molecule is C=C(Nc1cncc(-c2cc3c(-c4cc5c(-c6cc(F)cc(CCCN7CCCC7)c6)nccc5[nH]4)n[nH]c3cn2)c1)C1CCCC1. The zero-order valence-electron chi connectivity index (χ0n) is 26.5. The number of nitrogens with zero attached hydrogens (tertiary/aromatic N) is 5. The predicted molar refractivity (Wildman–Crippen MR) is 186 cm³/mol. The van der Waals surface area contributed by atoms with Crippen molar-refractivity contribution in [3.8, 4) is 33.9 Å². The number of rotatable bonds is 10. The van der Waals surface area contributed by atoms with E-state index in [1.54, 1.807) is 18.3 Å². The minimum Gasteiger partial charge on any atom is -0.358 e. The molecular weight excluding hydrogens is 587 g/mol. The van der Waals surface area contributed by atoms with E-state index in [1.807, 2.05) is 30.7 Å². The van der Waals surface area contributed by atoms with Crippen molar-refractivity contribution in [1.82, 2.24) is 35.0 Å². The first-order chi connectivity index (χ1) is 23.1. The number of halogens is 1. The Morgan fingerprint density at radius 1 is 0.894 bits per heavy atom. The zero-order valence-corrected chi connectivity index (χ0v) is 26.5. The van der Waals surface area contributed by atoms with Gasteiger partial charge in [0.2, 0.25) is 0 Å². The summed E-state index contributed by atoms with van der Waals surface area (Å²) >= 11 is 0. The number of hydrogen-bond acceptors (Lipinski definition) is 6. The summed E-state index contributed by atoms with van der Waals surface area (Å²) in [5.74, 6) is 0.282. The third-order valence-electron chi connectivity index (χ3n) is 9.81. The van der Waals surface area contributed by atoms with Gasteiger partial charge in [-0.25, -0.2) is 4.39 Å². The van der Waals surface area contributed by atoms with Crippen molar-refractivity contribution in [1.29, 1.82) is 0 Å². The van der Waals surface area contributed by atoms with Crippen molar-refractivity contribution >= 4 is 27.5 Å². The second-order valence-electron chi connectivity index (χ2n) is 13.1. The smallest absolute Gasteiger partial charge is 0.124 e. The van der Waals surface area contributed by atoms with Crippen LogP contribution in [0.5, 0.6) is 0 Å². The fourth-order valence-corrected chi connectivity index (χ4v) is 7.35. The van der Waals surface area contributed by atoms with E-state index in [-0.39, 0.29) is 5.82 Å². The maximum Gasteiger partial charge on any atom is 0.124 e.